The summed E-state index contributed by atoms with van der Waals surface area (Å²) in [5.74, 6) is 0.383. The van der Waals surface area contributed by atoms with E-state index in [1.165, 1.54) is 32.6 Å². The van der Waals surface area contributed by atoms with Gasteiger partial charge in [-0.2, -0.15) is 0 Å². The van der Waals surface area contributed by atoms with Crippen LogP contribution in [0.4, 0.5) is 0 Å². The van der Waals surface area contributed by atoms with Crippen molar-refractivity contribution in [1.82, 2.24) is 10.3 Å². The number of rotatable bonds is 2. The highest BCUT2D eigenvalue weighted by Crippen LogP contribution is 2.42. The molecule has 2 aromatic heterocycles. The van der Waals surface area contributed by atoms with Crippen LogP contribution in [-0.4, -0.2) is 11.5 Å². The molecule has 3 heterocycles. The van der Waals surface area contributed by atoms with Crippen molar-refractivity contribution < 1.29 is 0 Å². The maximum absolute atomic E-state index is 3.77. The maximum Gasteiger partial charge on any atom is 0.0826 e. The average molecular weight is 330 g/mol. The predicted molar refractivity (Wildman–Crippen MR) is 101 cm³/mol. The van der Waals surface area contributed by atoms with Crippen LogP contribution in [0.15, 0.2) is 72.1 Å². The van der Waals surface area contributed by atoms with Gasteiger partial charge in [-0.15, -0.1) is 11.3 Å². The highest BCUT2D eigenvalue weighted by molar-refractivity contribution is 7.10. The number of aromatic nitrogens is 1. The molecule has 118 valence electrons. The molecule has 4 aromatic rings. The van der Waals surface area contributed by atoms with Crippen molar-refractivity contribution in [3.8, 4) is 0 Å². The third kappa shape index (κ3) is 2.13. The van der Waals surface area contributed by atoms with Gasteiger partial charge in [0.15, 0.2) is 0 Å². The van der Waals surface area contributed by atoms with Gasteiger partial charge in [-0.25, -0.2) is 0 Å². The van der Waals surface area contributed by atoms with E-state index >= 15 is 0 Å². The third-order valence-corrected chi connectivity index (χ3v) is 5.91. The first-order chi connectivity index (χ1) is 11.9. The monoisotopic (exact) mass is 330 g/mol. The molecule has 2 nitrogen and oxygen atoms in total. The fraction of sp³-hybridized carbons (Fsp3) is 0.143. The zero-order chi connectivity index (χ0) is 15.9. The molecule has 0 saturated heterocycles. The number of hydrogen-bond acceptors (Lipinski definition) is 2. The van der Waals surface area contributed by atoms with Crippen molar-refractivity contribution in [3.63, 3.8) is 0 Å². The minimum Gasteiger partial charge on any atom is -0.357 e. The summed E-state index contributed by atoms with van der Waals surface area (Å²) in [5.41, 5.74) is 5.38. The average Bonchev–Trinajstić information content (AvgIpc) is 3.29. The van der Waals surface area contributed by atoms with Gasteiger partial charge in [-0.3, -0.25) is 0 Å². The van der Waals surface area contributed by atoms with E-state index < -0.39 is 0 Å². The molecular weight excluding hydrogens is 312 g/mol. The van der Waals surface area contributed by atoms with Crippen LogP contribution in [0, 0.1) is 0 Å². The molecule has 1 aliphatic heterocycles. The normalized spacial score (nSPS) is 20.2. The Morgan fingerprint density at radius 2 is 1.71 bits per heavy atom. The van der Waals surface area contributed by atoms with Gasteiger partial charge in [0.05, 0.1) is 6.04 Å². The molecule has 24 heavy (non-hydrogen) atoms. The molecule has 0 radical (unpaired) electrons. The van der Waals surface area contributed by atoms with Gasteiger partial charge >= 0.3 is 0 Å². The number of para-hydroxylation sites is 1. The highest BCUT2D eigenvalue weighted by atomic mass is 32.1. The molecule has 3 heteroatoms. The Balaban J connectivity index is 1.74. The van der Waals surface area contributed by atoms with Crippen molar-refractivity contribution in [3.05, 3.63) is 93.8 Å². The SMILES string of the molecule is c1ccc(C2CNC(c3cccs3)c3[nH]c4ccccc4c32)cc1. The smallest absolute Gasteiger partial charge is 0.0826 e. The standard InChI is InChI=1S/C21H18N2S/c1-2-7-14(8-3-1)16-13-22-20(18-11-6-12-24-18)21-19(16)15-9-4-5-10-17(15)23-21/h1-12,16,20,22-23H,13H2. The Kier molecular flexibility index (Phi) is 3.28. The number of nitrogens with one attached hydrogen (secondary N) is 2. The molecule has 2 atom stereocenters. The van der Waals surface area contributed by atoms with E-state index in [4.69, 9.17) is 0 Å². The lowest BCUT2D eigenvalue weighted by molar-refractivity contribution is 0.531. The highest BCUT2D eigenvalue weighted by Gasteiger charge is 2.32. The summed E-state index contributed by atoms with van der Waals surface area (Å²) >= 11 is 1.82. The molecule has 0 bridgehead atoms. The van der Waals surface area contributed by atoms with Crippen molar-refractivity contribution >= 4 is 22.2 Å². The molecule has 2 aromatic carbocycles. The Labute approximate surface area is 145 Å². The lowest BCUT2D eigenvalue weighted by atomic mass is 9.84. The summed E-state index contributed by atoms with van der Waals surface area (Å²) in [4.78, 5) is 5.07. The number of aromatic amines is 1. The molecule has 0 spiro atoms. The lowest BCUT2D eigenvalue weighted by Gasteiger charge is -2.30. The van der Waals surface area contributed by atoms with Gasteiger partial charge in [0.25, 0.3) is 0 Å². The van der Waals surface area contributed by atoms with Crippen molar-refractivity contribution in [2.24, 2.45) is 0 Å². The fourth-order valence-electron chi connectivity index (χ4n) is 3.90. The van der Waals surface area contributed by atoms with E-state index in [1.807, 2.05) is 11.3 Å². The molecule has 0 fully saturated rings. The first kappa shape index (κ1) is 14.0. The van der Waals surface area contributed by atoms with Crippen LogP contribution in [0.25, 0.3) is 10.9 Å². The van der Waals surface area contributed by atoms with E-state index in [1.54, 1.807) is 0 Å². The first-order valence-electron chi connectivity index (χ1n) is 8.34. The second-order valence-corrected chi connectivity index (χ2v) is 7.30. The molecule has 5 rings (SSSR count). The number of H-pyrrole nitrogens is 1. The quantitative estimate of drug-likeness (QED) is 0.528. The molecule has 0 aliphatic carbocycles. The van der Waals surface area contributed by atoms with Gasteiger partial charge in [0.2, 0.25) is 0 Å². The van der Waals surface area contributed by atoms with E-state index in [0.29, 0.717) is 5.92 Å². The molecule has 1 aliphatic rings. The number of benzene rings is 2. The number of hydrogen-bond donors (Lipinski definition) is 2. The zero-order valence-corrected chi connectivity index (χ0v) is 14.0. The Bertz CT molecular complexity index is 970. The van der Waals surface area contributed by atoms with Gasteiger partial charge in [-0.05, 0) is 28.6 Å². The lowest BCUT2D eigenvalue weighted by Crippen LogP contribution is -2.33. The Hall–Kier alpha value is -2.36. The minimum absolute atomic E-state index is 0.257. The van der Waals surface area contributed by atoms with E-state index in [2.05, 4.69) is 82.4 Å². The van der Waals surface area contributed by atoms with Crippen LogP contribution < -0.4 is 5.32 Å². The van der Waals surface area contributed by atoms with Crippen molar-refractivity contribution in [2.45, 2.75) is 12.0 Å². The Morgan fingerprint density at radius 1 is 0.875 bits per heavy atom. The van der Waals surface area contributed by atoms with Crippen LogP contribution >= 0.6 is 11.3 Å². The number of thiophene rings is 1. The second-order valence-electron chi connectivity index (χ2n) is 6.32. The van der Waals surface area contributed by atoms with Gasteiger partial charge in [0, 0.05) is 33.9 Å². The van der Waals surface area contributed by atoms with Crippen LogP contribution in [0.2, 0.25) is 0 Å². The summed E-state index contributed by atoms with van der Waals surface area (Å²) in [6, 6.07) is 24.1. The minimum atomic E-state index is 0.257. The predicted octanol–water partition coefficient (Wildman–Crippen LogP) is 5.05. The fourth-order valence-corrected chi connectivity index (χ4v) is 4.70. The zero-order valence-electron chi connectivity index (χ0n) is 13.2. The van der Waals surface area contributed by atoms with E-state index in [9.17, 15) is 0 Å². The largest absolute Gasteiger partial charge is 0.357 e. The van der Waals surface area contributed by atoms with E-state index in [-0.39, 0.29) is 6.04 Å². The van der Waals surface area contributed by atoms with Crippen LogP contribution in [0.3, 0.4) is 0 Å². The second kappa shape index (κ2) is 5.62. The summed E-state index contributed by atoms with van der Waals surface area (Å²) in [7, 11) is 0. The molecule has 0 amide bonds. The van der Waals surface area contributed by atoms with Crippen molar-refractivity contribution in [2.75, 3.05) is 6.54 Å². The number of fused-ring (bicyclic) bond motifs is 3. The summed E-state index contributed by atoms with van der Waals surface area (Å²) in [6.45, 7) is 0.960. The van der Waals surface area contributed by atoms with Crippen LogP contribution in [0.1, 0.15) is 33.7 Å². The van der Waals surface area contributed by atoms with Crippen LogP contribution in [-0.2, 0) is 0 Å². The van der Waals surface area contributed by atoms with E-state index in [0.717, 1.165) is 6.54 Å². The molecule has 2 N–H and O–H groups in total. The molecule has 0 saturated carbocycles. The van der Waals surface area contributed by atoms with Crippen molar-refractivity contribution in [1.29, 1.82) is 0 Å². The first-order valence-corrected chi connectivity index (χ1v) is 9.22. The van der Waals surface area contributed by atoms with Gasteiger partial charge < -0.3 is 10.3 Å². The maximum atomic E-state index is 3.77. The Morgan fingerprint density at radius 3 is 2.54 bits per heavy atom. The third-order valence-electron chi connectivity index (χ3n) is 4.97. The summed E-state index contributed by atoms with van der Waals surface area (Å²) < 4.78 is 0. The molecular formula is C21H18N2S. The summed E-state index contributed by atoms with van der Waals surface area (Å²) in [6.07, 6.45) is 0. The van der Waals surface area contributed by atoms with Gasteiger partial charge in [0.1, 0.15) is 0 Å². The summed E-state index contributed by atoms with van der Waals surface area (Å²) in [5, 5.41) is 7.27. The molecule has 2 unspecified atom stereocenters. The van der Waals surface area contributed by atoms with Gasteiger partial charge in [-0.1, -0.05) is 54.6 Å². The van der Waals surface area contributed by atoms with Crippen LogP contribution in [0.5, 0.6) is 0 Å². The topological polar surface area (TPSA) is 27.8 Å².